The molecule has 2 unspecified atom stereocenters. The Morgan fingerprint density at radius 1 is 1.22 bits per heavy atom. The largest absolute Gasteiger partial charge is 0.478 e. The molecule has 0 bridgehead atoms. The lowest BCUT2D eigenvalue weighted by Crippen LogP contribution is -2.43. The maximum atomic E-state index is 12.9. The Hall–Kier alpha value is -1.93. The number of carbonyl (C=O) groups excluding carboxylic acids is 1. The van der Waals surface area contributed by atoms with Gasteiger partial charge in [0.25, 0.3) is 0 Å². The average Bonchev–Trinajstić information content (AvgIpc) is 3.39. The molecule has 2 atom stereocenters. The highest BCUT2D eigenvalue weighted by Gasteiger charge is 2.39. The predicted molar refractivity (Wildman–Crippen MR) is 99.8 cm³/mol. The molecule has 1 saturated carbocycles. The monoisotopic (exact) mass is 394 g/mol. The van der Waals surface area contributed by atoms with Crippen molar-refractivity contribution < 1.29 is 23.1 Å². The molecule has 3 rings (SSSR count). The number of carboxylic acid groups (broad SMARTS) is 1. The zero-order valence-corrected chi connectivity index (χ0v) is 16.2. The van der Waals surface area contributed by atoms with Gasteiger partial charge in [-0.1, -0.05) is 25.5 Å². The Balaban J connectivity index is 1.60. The van der Waals surface area contributed by atoms with Crippen LogP contribution in [-0.4, -0.2) is 48.8 Å². The van der Waals surface area contributed by atoms with Gasteiger partial charge in [-0.3, -0.25) is 4.79 Å². The fourth-order valence-corrected chi connectivity index (χ4v) is 5.43. The van der Waals surface area contributed by atoms with Crippen LogP contribution in [0.25, 0.3) is 0 Å². The van der Waals surface area contributed by atoms with E-state index in [2.05, 4.69) is 12.2 Å². The van der Waals surface area contributed by atoms with Crippen molar-refractivity contribution in [3.8, 4) is 0 Å². The van der Waals surface area contributed by atoms with E-state index >= 15 is 0 Å². The smallest absolute Gasteiger partial charge is 0.337 e. The summed E-state index contributed by atoms with van der Waals surface area (Å²) in [7, 11) is -3.89. The van der Waals surface area contributed by atoms with E-state index in [0.717, 1.165) is 19.3 Å². The number of nitrogens with one attached hydrogen (secondary N) is 1. The molecule has 8 heteroatoms. The number of nitrogens with zero attached hydrogens (tertiary/aromatic N) is 1. The lowest BCUT2D eigenvalue weighted by molar-refractivity contribution is -0.126. The molecule has 7 nitrogen and oxygen atoms in total. The fraction of sp³-hybridized carbons (Fsp3) is 0.579. The molecule has 1 heterocycles. The minimum absolute atomic E-state index is 0.0154. The predicted octanol–water partition coefficient (Wildman–Crippen LogP) is 2.09. The van der Waals surface area contributed by atoms with Gasteiger partial charge in [0.1, 0.15) is 0 Å². The van der Waals surface area contributed by atoms with Crippen LogP contribution in [0.15, 0.2) is 29.2 Å². The number of hydrogen-bond acceptors (Lipinski definition) is 4. The zero-order chi connectivity index (χ0) is 19.6. The number of carboxylic acids is 1. The van der Waals surface area contributed by atoms with Crippen molar-refractivity contribution in [1.29, 1.82) is 0 Å². The first-order chi connectivity index (χ1) is 12.8. The van der Waals surface area contributed by atoms with E-state index in [-0.39, 0.29) is 41.4 Å². The van der Waals surface area contributed by atoms with Crippen LogP contribution in [0.1, 0.15) is 49.4 Å². The molecule has 148 valence electrons. The van der Waals surface area contributed by atoms with Gasteiger partial charge in [-0.2, -0.15) is 4.31 Å². The van der Waals surface area contributed by atoms with E-state index in [0.29, 0.717) is 18.8 Å². The number of sulfonamides is 1. The lowest BCUT2D eigenvalue weighted by Gasteiger charge is -2.31. The molecule has 0 aromatic heterocycles. The van der Waals surface area contributed by atoms with Crippen LogP contribution in [0.2, 0.25) is 0 Å². The molecule has 1 aromatic rings. The summed E-state index contributed by atoms with van der Waals surface area (Å²) in [5.41, 5.74) is -0.229. The maximum absolute atomic E-state index is 12.9. The van der Waals surface area contributed by atoms with Gasteiger partial charge in [0, 0.05) is 25.0 Å². The van der Waals surface area contributed by atoms with Crippen LogP contribution in [-0.2, 0) is 14.8 Å². The number of aromatic carboxylic acids is 1. The molecule has 2 fully saturated rings. The first-order valence-electron chi connectivity index (χ1n) is 9.47. The quantitative estimate of drug-likeness (QED) is 0.737. The minimum atomic E-state index is -3.89. The molecule has 0 radical (unpaired) electrons. The summed E-state index contributed by atoms with van der Waals surface area (Å²) in [6.07, 6.45) is 4.19. The zero-order valence-electron chi connectivity index (χ0n) is 15.4. The van der Waals surface area contributed by atoms with E-state index in [1.54, 1.807) is 0 Å². The molecule has 1 aliphatic carbocycles. The van der Waals surface area contributed by atoms with Crippen LogP contribution < -0.4 is 5.32 Å². The Morgan fingerprint density at radius 3 is 2.52 bits per heavy atom. The van der Waals surface area contributed by atoms with Crippen molar-refractivity contribution >= 4 is 21.9 Å². The highest BCUT2D eigenvalue weighted by Crippen LogP contribution is 2.35. The topological polar surface area (TPSA) is 104 Å². The Labute approximate surface area is 159 Å². The van der Waals surface area contributed by atoms with Crippen LogP contribution in [0.4, 0.5) is 0 Å². The van der Waals surface area contributed by atoms with Crippen molar-refractivity contribution in [3.05, 3.63) is 29.8 Å². The van der Waals surface area contributed by atoms with Gasteiger partial charge in [-0.15, -0.1) is 0 Å². The van der Waals surface area contributed by atoms with Crippen molar-refractivity contribution in [2.75, 3.05) is 13.1 Å². The number of amides is 1. The Kier molecular flexibility index (Phi) is 5.86. The van der Waals surface area contributed by atoms with Crippen molar-refractivity contribution in [1.82, 2.24) is 9.62 Å². The van der Waals surface area contributed by atoms with E-state index in [9.17, 15) is 23.1 Å². The number of piperidine rings is 1. The molecular formula is C19H26N2O5S. The molecular weight excluding hydrogens is 368 g/mol. The van der Waals surface area contributed by atoms with Gasteiger partial charge in [-0.25, -0.2) is 13.2 Å². The van der Waals surface area contributed by atoms with E-state index in [4.69, 9.17) is 0 Å². The second-order valence-corrected chi connectivity index (χ2v) is 9.29. The lowest BCUT2D eigenvalue weighted by atomic mass is 9.97. The first-order valence-corrected chi connectivity index (χ1v) is 10.9. The third kappa shape index (κ3) is 4.32. The van der Waals surface area contributed by atoms with Gasteiger partial charge in [0.05, 0.1) is 10.5 Å². The summed E-state index contributed by atoms with van der Waals surface area (Å²) in [4.78, 5) is 23.6. The van der Waals surface area contributed by atoms with Crippen LogP contribution in [0.5, 0.6) is 0 Å². The van der Waals surface area contributed by atoms with E-state index in [1.165, 1.54) is 28.6 Å². The van der Waals surface area contributed by atoms with Gasteiger partial charge in [-0.05, 0) is 43.7 Å². The number of hydrogen-bond donors (Lipinski definition) is 2. The third-order valence-electron chi connectivity index (χ3n) is 5.47. The highest BCUT2D eigenvalue weighted by molar-refractivity contribution is 7.89. The maximum Gasteiger partial charge on any atom is 0.337 e. The molecule has 1 amide bonds. The average molecular weight is 394 g/mol. The van der Waals surface area contributed by atoms with Crippen molar-refractivity contribution in [2.24, 2.45) is 11.8 Å². The molecule has 27 heavy (non-hydrogen) atoms. The number of carbonyl (C=O) groups is 2. The molecule has 1 aliphatic heterocycles. The second-order valence-electron chi connectivity index (χ2n) is 7.38. The minimum Gasteiger partial charge on any atom is -0.478 e. The van der Waals surface area contributed by atoms with Gasteiger partial charge >= 0.3 is 5.97 Å². The normalized spacial score (nSPS) is 23.7. The van der Waals surface area contributed by atoms with E-state index in [1.807, 2.05) is 0 Å². The summed E-state index contributed by atoms with van der Waals surface area (Å²) in [6, 6.07) is 5.91. The van der Waals surface area contributed by atoms with Crippen LogP contribution >= 0.6 is 0 Å². The van der Waals surface area contributed by atoms with Gasteiger partial charge < -0.3 is 10.4 Å². The molecule has 2 aliphatic rings. The number of rotatable bonds is 7. The fourth-order valence-electron chi connectivity index (χ4n) is 3.78. The Bertz CT molecular complexity index is 815. The standard InChI is InChI=1S/C19H26N2O5S/c1-2-5-14-12-16(14)20-18(22)13-8-10-21(11-9-13)27(25,26)17-7-4-3-6-15(17)19(23)24/h3-4,6-7,13-14,16H,2,5,8-12H2,1H3,(H,20,22)(H,23,24). The summed E-state index contributed by atoms with van der Waals surface area (Å²) in [5, 5.41) is 12.3. The Morgan fingerprint density at radius 2 is 1.89 bits per heavy atom. The van der Waals surface area contributed by atoms with Crippen LogP contribution in [0.3, 0.4) is 0 Å². The van der Waals surface area contributed by atoms with Crippen LogP contribution in [0, 0.1) is 11.8 Å². The molecule has 1 aromatic carbocycles. The summed E-state index contributed by atoms with van der Waals surface area (Å²) in [6.45, 7) is 2.57. The van der Waals surface area contributed by atoms with Crippen molar-refractivity contribution in [2.45, 2.75) is 50.0 Å². The summed E-state index contributed by atoms with van der Waals surface area (Å²) < 4.78 is 27.0. The van der Waals surface area contributed by atoms with Gasteiger partial charge in [0.2, 0.25) is 15.9 Å². The highest BCUT2D eigenvalue weighted by atomic mass is 32.2. The van der Waals surface area contributed by atoms with Gasteiger partial charge in [0.15, 0.2) is 0 Å². The second kappa shape index (κ2) is 7.98. The summed E-state index contributed by atoms with van der Waals surface area (Å²) in [5.74, 6) is -0.850. The first kappa shape index (κ1) is 19.8. The summed E-state index contributed by atoms with van der Waals surface area (Å²) >= 11 is 0. The number of benzene rings is 1. The molecule has 2 N–H and O–H groups in total. The van der Waals surface area contributed by atoms with E-state index < -0.39 is 16.0 Å². The van der Waals surface area contributed by atoms with Crippen molar-refractivity contribution in [3.63, 3.8) is 0 Å². The molecule has 0 spiro atoms. The SMILES string of the molecule is CCCC1CC1NC(=O)C1CCN(S(=O)(=O)c2ccccc2C(=O)O)CC1. The molecule has 1 saturated heterocycles. The third-order valence-corrected chi connectivity index (χ3v) is 7.43.